The van der Waals surface area contributed by atoms with Crippen molar-refractivity contribution in [3.8, 4) is 5.69 Å². The SMILES string of the molecule is CCn1c(=O)c(C(=O)O)cn(-c2ccc3c(c2)nc(C(N)=O)n3C)c1=O. The molecule has 10 heteroatoms. The summed E-state index contributed by atoms with van der Waals surface area (Å²) in [4.78, 5) is 51.5. The van der Waals surface area contributed by atoms with Crippen LogP contribution in [0.15, 0.2) is 34.0 Å². The number of aromatic nitrogens is 4. The first kappa shape index (κ1) is 17.1. The summed E-state index contributed by atoms with van der Waals surface area (Å²) in [6, 6.07) is 4.70. The van der Waals surface area contributed by atoms with E-state index in [1.54, 1.807) is 26.1 Å². The van der Waals surface area contributed by atoms with Gasteiger partial charge in [-0.3, -0.25) is 18.7 Å². The summed E-state index contributed by atoms with van der Waals surface area (Å²) in [5.74, 6) is -2.08. The van der Waals surface area contributed by atoms with E-state index in [9.17, 15) is 24.3 Å². The van der Waals surface area contributed by atoms with Gasteiger partial charge in [0.2, 0.25) is 0 Å². The fraction of sp³-hybridized carbons (Fsp3) is 0.188. The summed E-state index contributed by atoms with van der Waals surface area (Å²) in [5.41, 5.74) is 4.53. The van der Waals surface area contributed by atoms with Crippen LogP contribution in [-0.4, -0.2) is 35.7 Å². The summed E-state index contributed by atoms with van der Waals surface area (Å²) in [5, 5.41) is 9.22. The molecular weight excluding hydrogens is 342 g/mol. The maximum Gasteiger partial charge on any atom is 0.342 e. The lowest BCUT2D eigenvalue weighted by molar-refractivity contribution is 0.0692. The van der Waals surface area contributed by atoms with Gasteiger partial charge in [0.25, 0.3) is 11.5 Å². The van der Waals surface area contributed by atoms with Gasteiger partial charge in [0, 0.05) is 19.8 Å². The van der Waals surface area contributed by atoms with Gasteiger partial charge in [-0.25, -0.2) is 14.6 Å². The number of nitrogens with zero attached hydrogens (tertiary/aromatic N) is 4. The molecule has 3 aromatic rings. The Morgan fingerprint density at radius 1 is 1.27 bits per heavy atom. The molecule has 0 saturated heterocycles. The monoisotopic (exact) mass is 357 g/mol. The normalized spacial score (nSPS) is 11.0. The lowest BCUT2D eigenvalue weighted by atomic mass is 10.2. The van der Waals surface area contributed by atoms with Crippen molar-refractivity contribution in [2.45, 2.75) is 13.5 Å². The molecule has 1 aromatic carbocycles. The molecule has 134 valence electrons. The fourth-order valence-corrected chi connectivity index (χ4v) is 2.77. The van der Waals surface area contributed by atoms with Crippen molar-refractivity contribution < 1.29 is 14.7 Å². The quantitative estimate of drug-likeness (QED) is 0.656. The zero-order valence-electron chi connectivity index (χ0n) is 14.0. The number of benzene rings is 1. The zero-order chi connectivity index (χ0) is 19.2. The number of primary amides is 1. The standard InChI is InChI=1S/C16H15N5O5/c1-3-20-14(23)9(15(24)25)7-21(16(20)26)8-4-5-11-10(6-8)18-13(12(17)22)19(11)2/h4-7H,3H2,1-2H3,(H2,17,22)(H,24,25). The van der Waals surface area contributed by atoms with Crippen LogP contribution in [0.2, 0.25) is 0 Å². The Morgan fingerprint density at radius 2 is 1.96 bits per heavy atom. The van der Waals surface area contributed by atoms with E-state index in [2.05, 4.69) is 4.98 Å². The van der Waals surface area contributed by atoms with Gasteiger partial charge < -0.3 is 15.4 Å². The van der Waals surface area contributed by atoms with E-state index < -0.39 is 28.7 Å². The van der Waals surface area contributed by atoms with E-state index in [1.165, 1.54) is 10.6 Å². The second kappa shape index (κ2) is 5.99. The van der Waals surface area contributed by atoms with Crippen molar-refractivity contribution in [3.05, 3.63) is 56.6 Å². The Balaban J connectivity index is 2.31. The molecule has 0 bridgehead atoms. The maximum atomic E-state index is 12.5. The highest BCUT2D eigenvalue weighted by Gasteiger charge is 2.18. The number of nitrogens with two attached hydrogens (primary N) is 1. The number of hydrogen-bond acceptors (Lipinski definition) is 5. The molecule has 0 saturated carbocycles. The summed E-state index contributed by atoms with van der Waals surface area (Å²) >= 11 is 0. The number of carbonyl (C=O) groups excluding carboxylic acids is 1. The Bertz CT molecular complexity index is 1180. The van der Waals surface area contributed by atoms with Crippen molar-refractivity contribution in [1.29, 1.82) is 0 Å². The third-order valence-corrected chi connectivity index (χ3v) is 4.08. The molecule has 0 aliphatic rings. The lowest BCUT2D eigenvalue weighted by Crippen LogP contribution is -2.41. The number of imidazole rings is 1. The largest absolute Gasteiger partial charge is 0.477 e. The average molecular weight is 357 g/mol. The van der Waals surface area contributed by atoms with E-state index in [0.29, 0.717) is 16.7 Å². The highest BCUT2D eigenvalue weighted by molar-refractivity contribution is 5.94. The van der Waals surface area contributed by atoms with E-state index in [4.69, 9.17) is 5.73 Å². The molecule has 0 aliphatic carbocycles. The van der Waals surface area contributed by atoms with Crippen LogP contribution in [0.1, 0.15) is 27.9 Å². The third kappa shape index (κ3) is 2.48. The summed E-state index contributed by atoms with van der Waals surface area (Å²) in [6.07, 6.45) is 0.984. The second-order valence-corrected chi connectivity index (χ2v) is 5.58. The van der Waals surface area contributed by atoms with E-state index in [-0.39, 0.29) is 12.4 Å². The predicted molar refractivity (Wildman–Crippen MR) is 91.7 cm³/mol. The smallest absolute Gasteiger partial charge is 0.342 e. The average Bonchev–Trinajstić information content (AvgIpc) is 2.91. The number of carboxylic acids is 1. The summed E-state index contributed by atoms with van der Waals surface area (Å²) < 4.78 is 3.41. The molecule has 3 rings (SSSR count). The number of hydrogen-bond donors (Lipinski definition) is 2. The molecule has 2 heterocycles. The molecule has 0 spiro atoms. The molecule has 3 N–H and O–H groups in total. The number of carboxylic acid groups (broad SMARTS) is 1. The van der Waals surface area contributed by atoms with Crippen molar-refractivity contribution in [1.82, 2.24) is 18.7 Å². The topological polar surface area (TPSA) is 142 Å². The van der Waals surface area contributed by atoms with E-state index in [0.717, 1.165) is 15.3 Å². The van der Waals surface area contributed by atoms with Gasteiger partial charge in [-0.05, 0) is 25.1 Å². The first-order chi connectivity index (χ1) is 12.3. The Kier molecular flexibility index (Phi) is 3.95. The summed E-state index contributed by atoms with van der Waals surface area (Å²) in [7, 11) is 1.63. The number of amides is 1. The maximum absolute atomic E-state index is 12.5. The molecule has 26 heavy (non-hydrogen) atoms. The molecule has 0 aliphatic heterocycles. The van der Waals surface area contributed by atoms with Crippen molar-refractivity contribution in [2.75, 3.05) is 0 Å². The molecular formula is C16H15N5O5. The lowest BCUT2D eigenvalue weighted by Gasteiger charge is -2.10. The molecule has 1 amide bonds. The number of aryl methyl sites for hydroxylation is 1. The number of aromatic carboxylic acids is 1. The highest BCUT2D eigenvalue weighted by Crippen LogP contribution is 2.18. The van der Waals surface area contributed by atoms with Gasteiger partial charge >= 0.3 is 11.7 Å². The molecule has 0 unspecified atom stereocenters. The van der Waals surface area contributed by atoms with Gasteiger partial charge in [-0.1, -0.05) is 0 Å². The van der Waals surface area contributed by atoms with Crippen molar-refractivity contribution in [3.63, 3.8) is 0 Å². The minimum atomic E-state index is -1.43. The van der Waals surface area contributed by atoms with Crippen LogP contribution in [-0.2, 0) is 13.6 Å². The van der Waals surface area contributed by atoms with Gasteiger partial charge in [0.1, 0.15) is 5.56 Å². The number of rotatable bonds is 4. The first-order valence-electron chi connectivity index (χ1n) is 7.62. The van der Waals surface area contributed by atoms with Crippen molar-refractivity contribution in [2.24, 2.45) is 12.8 Å². The molecule has 0 fully saturated rings. The molecule has 0 radical (unpaired) electrons. The van der Waals surface area contributed by atoms with Crippen LogP contribution in [0.3, 0.4) is 0 Å². The molecule has 2 aromatic heterocycles. The predicted octanol–water partition coefficient (Wildman–Crippen LogP) is -0.297. The fourth-order valence-electron chi connectivity index (χ4n) is 2.77. The molecule has 10 nitrogen and oxygen atoms in total. The van der Waals surface area contributed by atoms with Gasteiger partial charge in [-0.2, -0.15) is 0 Å². The van der Waals surface area contributed by atoms with Crippen LogP contribution in [0, 0.1) is 0 Å². The van der Waals surface area contributed by atoms with Crippen molar-refractivity contribution >= 4 is 22.9 Å². The van der Waals surface area contributed by atoms with Crippen LogP contribution in [0.25, 0.3) is 16.7 Å². The minimum Gasteiger partial charge on any atom is -0.477 e. The second-order valence-electron chi connectivity index (χ2n) is 5.58. The highest BCUT2D eigenvalue weighted by atomic mass is 16.4. The van der Waals surface area contributed by atoms with Gasteiger partial charge in [-0.15, -0.1) is 0 Å². The number of fused-ring (bicyclic) bond motifs is 1. The number of carbonyl (C=O) groups is 2. The first-order valence-corrected chi connectivity index (χ1v) is 7.62. The third-order valence-electron chi connectivity index (χ3n) is 4.08. The summed E-state index contributed by atoms with van der Waals surface area (Å²) in [6.45, 7) is 1.59. The van der Waals surface area contributed by atoms with E-state index >= 15 is 0 Å². The Labute approximate surface area is 145 Å². The van der Waals surface area contributed by atoms with Gasteiger partial charge in [0.05, 0.1) is 16.7 Å². The van der Waals surface area contributed by atoms with Crippen LogP contribution in [0.5, 0.6) is 0 Å². The Morgan fingerprint density at radius 3 is 2.54 bits per heavy atom. The van der Waals surface area contributed by atoms with E-state index in [1.807, 2.05) is 0 Å². The zero-order valence-corrected chi connectivity index (χ0v) is 14.0. The van der Waals surface area contributed by atoms with Gasteiger partial charge in [0.15, 0.2) is 5.82 Å². The Hall–Kier alpha value is -3.69. The molecule has 0 atom stereocenters. The minimum absolute atomic E-state index is 0.0242. The van der Waals surface area contributed by atoms with Crippen LogP contribution < -0.4 is 17.0 Å². The van der Waals surface area contributed by atoms with Crippen LogP contribution >= 0.6 is 0 Å². The van der Waals surface area contributed by atoms with Crippen LogP contribution in [0.4, 0.5) is 0 Å².